The van der Waals surface area contributed by atoms with E-state index >= 15 is 0 Å². The van der Waals surface area contributed by atoms with Crippen LogP contribution in [0.25, 0.3) is 0 Å². The normalized spacial score (nSPS) is 20.1. The van der Waals surface area contributed by atoms with Gasteiger partial charge in [0.2, 0.25) is 5.91 Å². The maximum Gasteiger partial charge on any atom is 0.416 e. The van der Waals surface area contributed by atoms with Gasteiger partial charge in [0, 0.05) is 16.5 Å². The smallest absolute Gasteiger partial charge is 0.310 e. The molecule has 1 aromatic rings. The second kappa shape index (κ2) is 5.38. The summed E-state index contributed by atoms with van der Waals surface area (Å²) in [5, 5.41) is -1.48. The summed E-state index contributed by atoms with van der Waals surface area (Å²) >= 11 is 1.62. The highest BCUT2D eigenvalue weighted by Crippen LogP contribution is 2.35. The van der Waals surface area contributed by atoms with Crippen LogP contribution in [0.2, 0.25) is 0 Å². The van der Waals surface area contributed by atoms with Crippen LogP contribution in [0, 0.1) is 3.57 Å². The van der Waals surface area contributed by atoms with Crippen LogP contribution in [0.5, 0.6) is 0 Å². The highest BCUT2D eigenvalue weighted by Gasteiger charge is 2.40. The van der Waals surface area contributed by atoms with E-state index < -0.39 is 46.1 Å². The Morgan fingerprint density at radius 2 is 1.90 bits per heavy atom. The molecule has 0 spiro atoms. The average molecular weight is 437 g/mol. The van der Waals surface area contributed by atoms with Crippen molar-refractivity contribution in [2.75, 3.05) is 11.4 Å². The van der Waals surface area contributed by atoms with Crippen molar-refractivity contribution >= 4 is 44.4 Å². The molecule has 1 heterocycles. The number of hydrogen-bond donors (Lipinski definition) is 0. The third kappa shape index (κ3) is 3.47. The molecule has 21 heavy (non-hydrogen) atoms. The number of nitrogens with zero attached hydrogens (tertiary/aromatic N) is 1. The highest BCUT2D eigenvalue weighted by atomic mass is 127. The Kier molecular flexibility index (Phi) is 4.21. The van der Waals surface area contributed by atoms with Crippen LogP contribution in [0.1, 0.15) is 12.0 Å². The van der Waals surface area contributed by atoms with Crippen molar-refractivity contribution in [1.82, 2.24) is 0 Å². The van der Waals surface area contributed by atoms with Gasteiger partial charge >= 0.3 is 16.4 Å². The summed E-state index contributed by atoms with van der Waals surface area (Å²) in [6, 6.07) is 2.72. The molecule has 1 aromatic carbocycles. The topological polar surface area (TPSA) is 54.5 Å². The fourth-order valence-electron chi connectivity index (χ4n) is 2.00. The van der Waals surface area contributed by atoms with E-state index in [1.165, 1.54) is 0 Å². The van der Waals surface area contributed by atoms with E-state index in [9.17, 15) is 30.3 Å². The Morgan fingerprint density at radius 3 is 2.33 bits per heavy atom. The molecule has 0 bridgehead atoms. The van der Waals surface area contributed by atoms with Gasteiger partial charge in [0.15, 0.2) is 0 Å². The fourth-order valence-corrected chi connectivity index (χ4v) is 3.47. The quantitative estimate of drug-likeness (QED) is 0.407. The summed E-state index contributed by atoms with van der Waals surface area (Å²) in [7, 11) is -4.87. The fraction of sp³-hybridized carbons (Fsp3) is 0.364. The van der Waals surface area contributed by atoms with E-state index in [-0.39, 0.29) is 9.26 Å². The van der Waals surface area contributed by atoms with Crippen LogP contribution in [-0.2, 0) is 21.2 Å². The first-order valence-electron chi connectivity index (χ1n) is 5.60. The zero-order valence-corrected chi connectivity index (χ0v) is 13.2. The van der Waals surface area contributed by atoms with Crippen LogP contribution >= 0.6 is 22.6 Å². The SMILES string of the molecule is O=C1CC(S(=O)(=O)F)CN1c1ccc(C(F)(F)F)cc1I. The summed E-state index contributed by atoms with van der Waals surface area (Å²) in [4.78, 5) is 12.7. The summed E-state index contributed by atoms with van der Waals surface area (Å²) in [6.45, 7) is -0.404. The summed E-state index contributed by atoms with van der Waals surface area (Å²) in [5.41, 5.74) is -0.739. The monoisotopic (exact) mass is 437 g/mol. The Bertz CT molecular complexity index is 689. The van der Waals surface area contributed by atoms with Gasteiger partial charge in [-0.3, -0.25) is 4.79 Å². The molecule has 1 aliphatic rings. The van der Waals surface area contributed by atoms with Crippen LogP contribution < -0.4 is 4.90 Å². The molecular weight excluding hydrogens is 429 g/mol. The highest BCUT2D eigenvalue weighted by molar-refractivity contribution is 14.1. The zero-order valence-electron chi connectivity index (χ0n) is 10.2. The van der Waals surface area contributed by atoms with E-state index in [4.69, 9.17) is 0 Å². The van der Waals surface area contributed by atoms with Crippen molar-refractivity contribution in [2.24, 2.45) is 0 Å². The maximum atomic E-state index is 12.9. The first-order chi connectivity index (χ1) is 9.50. The van der Waals surface area contributed by atoms with E-state index in [0.717, 1.165) is 23.1 Å². The van der Waals surface area contributed by atoms with Crippen molar-refractivity contribution in [3.63, 3.8) is 0 Å². The third-order valence-corrected chi connectivity index (χ3v) is 5.03. The van der Waals surface area contributed by atoms with E-state index in [2.05, 4.69) is 0 Å². The molecule has 1 atom stereocenters. The molecule has 0 aromatic heterocycles. The maximum absolute atomic E-state index is 12.9. The number of carbonyl (C=O) groups excluding carboxylic acids is 1. The van der Waals surface area contributed by atoms with Crippen molar-refractivity contribution in [3.8, 4) is 0 Å². The molecule has 116 valence electrons. The summed E-state index contributed by atoms with van der Waals surface area (Å²) in [5.74, 6) is -0.640. The molecule has 10 heteroatoms. The minimum Gasteiger partial charge on any atom is -0.310 e. The summed E-state index contributed by atoms with van der Waals surface area (Å²) in [6.07, 6.45) is -5.03. The second-order valence-electron chi connectivity index (χ2n) is 4.47. The van der Waals surface area contributed by atoms with Crippen molar-refractivity contribution in [1.29, 1.82) is 0 Å². The molecule has 0 saturated carbocycles. The third-order valence-electron chi connectivity index (χ3n) is 3.05. The summed E-state index contributed by atoms with van der Waals surface area (Å²) < 4.78 is 72.4. The molecule has 0 radical (unpaired) electrons. The Hall–Kier alpha value is -0.910. The molecule has 0 N–H and O–H groups in total. The van der Waals surface area contributed by atoms with Crippen molar-refractivity contribution in [3.05, 3.63) is 27.3 Å². The number of hydrogen-bond acceptors (Lipinski definition) is 3. The number of amides is 1. The predicted octanol–water partition coefficient (Wildman–Crippen LogP) is 2.71. The molecule has 1 unspecified atom stereocenters. The van der Waals surface area contributed by atoms with Crippen LogP contribution in [0.3, 0.4) is 0 Å². The first kappa shape index (κ1) is 16.5. The van der Waals surface area contributed by atoms with E-state index in [0.29, 0.717) is 0 Å². The van der Waals surface area contributed by atoms with E-state index in [1.54, 1.807) is 22.6 Å². The van der Waals surface area contributed by atoms with Gasteiger partial charge in [0.25, 0.3) is 0 Å². The van der Waals surface area contributed by atoms with Gasteiger partial charge in [-0.2, -0.15) is 21.6 Å². The first-order valence-corrected chi connectivity index (χ1v) is 8.13. The molecule has 1 fully saturated rings. The largest absolute Gasteiger partial charge is 0.416 e. The molecule has 1 amide bonds. The molecule has 2 rings (SSSR count). The predicted molar refractivity (Wildman–Crippen MR) is 74.9 cm³/mol. The number of alkyl halides is 3. The Balaban J connectivity index is 2.34. The number of halogens is 5. The van der Waals surface area contributed by atoms with Gasteiger partial charge in [-0.15, -0.1) is 3.89 Å². The minimum absolute atomic E-state index is 0.132. The number of anilines is 1. The van der Waals surface area contributed by atoms with E-state index in [1.807, 2.05) is 0 Å². The van der Waals surface area contributed by atoms with Gasteiger partial charge in [0.1, 0.15) is 5.25 Å². The molecule has 1 aliphatic heterocycles. The van der Waals surface area contributed by atoms with Crippen LogP contribution in [-0.4, -0.2) is 26.1 Å². The lowest BCUT2D eigenvalue weighted by Crippen LogP contribution is -2.27. The molecule has 0 aliphatic carbocycles. The molecular formula is C11H8F4INO3S. The number of carbonyl (C=O) groups is 1. The minimum atomic E-state index is -4.87. The lowest BCUT2D eigenvalue weighted by atomic mass is 10.2. The average Bonchev–Trinajstić information content (AvgIpc) is 2.70. The van der Waals surface area contributed by atoms with Gasteiger partial charge in [0.05, 0.1) is 11.3 Å². The van der Waals surface area contributed by atoms with Gasteiger partial charge < -0.3 is 4.90 Å². The van der Waals surface area contributed by atoms with Crippen molar-refractivity contribution in [2.45, 2.75) is 17.8 Å². The second-order valence-corrected chi connectivity index (χ2v) is 7.25. The van der Waals surface area contributed by atoms with Gasteiger partial charge in [-0.05, 0) is 40.8 Å². The zero-order chi connectivity index (χ0) is 16.0. The number of rotatable bonds is 2. The van der Waals surface area contributed by atoms with Gasteiger partial charge in [-0.1, -0.05) is 0 Å². The van der Waals surface area contributed by atoms with Crippen LogP contribution in [0.15, 0.2) is 18.2 Å². The van der Waals surface area contributed by atoms with Crippen LogP contribution in [0.4, 0.5) is 22.7 Å². The Morgan fingerprint density at radius 1 is 1.29 bits per heavy atom. The number of benzene rings is 1. The lowest BCUT2D eigenvalue weighted by Gasteiger charge is -2.19. The molecule has 4 nitrogen and oxygen atoms in total. The lowest BCUT2D eigenvalue weighted by molar-refractivity contribution is -0.137. The standard InChI is InChI=1S/C11H8F4INO3S/c12-11(13,14)6-1-2-9(8(16)3-6)17-5-7(4-10(17)18)21(15,19)20/h1-3,7H,4-5H2. The van der Waals surface area contributed by atoms with Crippen molar-refractivity contribution < 1.29 is 30.3 Å². The molecule has 1 saturated heterocycles. The Labute approximate surface area is 131 Å². The van der Waals surface area contributed by atoms with Gasteiger partial charge in [-0.25, -0.2) is 0 Å².